The highest BCUT2D eigenvalue weighted by Gasteiger charge is 2.09. The topological polar surface area (TPSA) is 12.0 Å². The number of hydrogen-bond donors (Lipinski definition) is 1. The van der Waals surface area contributed by atoms with E-state index in [9.17, 15) is 0 Å². The third kappa shape index (κ3) is 13.3. The van der Waals surface area contributed by atoms with Gasteiger partial charge in [0.15, 0.2) is 0 Å². The summed E-state index contributed by atoms with van der Waals surface area (Å²) >= 11 is 0. The molecule has 0 saturated heterocycles. The summed E-state index contributed by atoms with van der Waals surface area (Å²) in [5.74, 6) is 0. The van der Waals surface area contributed by atoms with Crippen LogP contribution < -0.4 is 5.32 Å². The first-order chi connectivity index (χ1) is 8.31. The molecule has 0 unspecified atom stereocenters. The summed E-state index contributed by atoms with van der Waals surface area (Å²) in [5, 5.41) is 3.44. The van der Waals surface area contributed by atoms with Crippen molar-refractivity contribution in [3.8, 4) is 0 Å². The quantitative estimate of drug-likeness (QED) is 0.394. The third-order valence-electron chi connectivity index (χ3n) is 2.88. The molecule has 0 amide bonds. The van der Waals surface area contributed by atoms with Crippen LogP contribution in [0.15, 0.2) is 24.4 Å². The Morgan fingerprint density at radius 2 is 1.28 bits per heavy atom. The molecule has 18 heavy (non-hydrogen) atoms. The van der Waals surface area contributed by atoms with Crippen LogP contribution in [0.3, 0.4) is 0 Å². The van der Waals surface area contributed by atoms with E-state index in [4.69, 9.17) is 0 Å². The van der Waals surface area contributed by atoms with Crippen LogP contribution in [0, 0.1) is 0 Å². The number of nitrogens with one attached hydrogen (secondary N) is 1. The van der Waals surface area contributed by atoms with E-state index in [0.29, 0.717) is 0 Å². The van der Waals surface area contributed by atoms with Crippen LogP contribution in [0.25, 0.3) is 0 Å². The molecule has 1 nitrogen and oxygen atoms in total. The number of rotatable bonds is 10. The van der Waals surface area contributed by atoms with Gasteiger partial charge in [-0.15, -0.1) is 6.58 Å². The van der Waals surface area contributed by atoms with E-state index in [1.54, 1.807) is 0 Å². The Morgan fingerprint density at radius 1 is 0.833 bits per heavy atom. The van der Waals surface area contributed by atoms with E-state index in [0.717, 1.165) is 6.42 Å². The first kappa shape index (κ1) is 17.3. The maximum atomic E-state index is 4.09. The minimum atomic E-state index is 0.152. The van der Waals surface area contributed by atoms with Crippen molar-refractivity contribution in [3.63, 3.8) is 0 Å². The van der Waals surface area contributed by atoms with Crippen molar-refractivity contribution in [1.82, 2.24) is 5.32 Å². The molecule has 106 valence electrons. The van der Waals surface area contributed by atoms with Crippen LogP contribution in [0.2, 0.25) is 0 Å². The zero-order valence-corrected chi connectivity index (χ0v) is 13.1. The van der Waals surface area contributed by atoms with Crippen molar-refractivity contribution in [2.24, 2.45) is 0 Å². The van der Waals surface area contributed by atoms with Gasteiger partial charge in [-0.3, -0.25) is 0 Å². The summed E-state index contributed by atoms with van der Waals surface area (Å²) in [6, 6.07) is 0. The average molecular weight is 251 g/mol. The molecular formula is C17H33N. The van der Waals surface area contributed by atoms with Gasteiger partial charge < -0.3 is 5.32 Å². The minimum absolute atomic E-state index is 0.152. The highest BCUT2D eigenvalue weighted by atomic mass is 15.0. The van der Waals surface area contributed by atoms with Gasteiger partial charge in [-0.25, -0.2) is 0 Å². The largest absolute Gasteiger partial charge is 0.384 e. The summed E-state index contributed by atoms with van der Waals surface area (Å²) < 4.78 is 0. The van der Waals surface area contributed by atoms with Gasteiger partial charge in [-0.1, -0.05) is 37.8 Å². The fourth-order valence-electron chi connectivity index (χ4n) is 2.07. The number of allylic oxidation sites excluding steroid dienone is 2. The lowest BCUT2D eigenvalue weighted by Crippen LogP contribution is -2.34. The Bertz CT molecular complexity index is 245. The summed E-state index contributed by atoms with van der Waals surface area (Å²) in [4.78, 5) is 0. The second-order valence-electron chi connectivity index (χ2n) is 6.56. The Kier molecular flexibility index (Phi) is 8.87. The fourth-order valence-corrected chi connectivity index (χ4v) is 2.07. The standard InChI is InChI=1S/C17H33N/c1-15(2)13-11-9-7-8-10-12-14-16(3)18-17(4,5)6/h18H,1,3,7-14H2,2,4-6H3. The van der Waals surface area contributed by atoms with Crippen LogP contribution >= 0.6 is 0 Å². The zero-order valence-electron chi connectivity index (χ0n) is 13.1. The molecule has 0 radical (unpaired) electrons. The van der Waals surface area contributed by atoms with Crippen LogP contribution in [0.5, 0.6) is 0 Å². The van der Waals surface area contributed by atoms with Gasteiger partial charge >= 0.3 is 0 Å². The molecule has 1 heteroatoms. The SMILES string of the molecule is C=C(C)CCCCCCCCC(=C)NC(C)(C)C. The van der Waals surface area contributed by atoms with Gasteiger partial charge in [0, 0.05) is 11.2 Å². The lowest BCUT2D eigenvalue weighted by molar-refractivity contribution is 0.459. The highest BCUT2D eigenvalue weighted by molar-refractivity contribution is 4.95. The Hall–Kier alpha value is -0.720. The van der Waals surface area contributed by atoms with Crippen molar-refractivity contribution < 1.29 is 0 Å². The molecule has 0 rings (SSSR count). The molecule has 1 N–H and O–H groups in total. The van der Waals surface area contributed by atoms with Gasteiger partial charge in [0.1, 0.15) is 0 Å². The van der Waals surface area contributed by atoms with E-state index >= 15 is 0 Å². The van der Waals surface area contributed by atoms with Gasteiger partial charge in [0.05, 0.1) is 0 Å². The second-order valence-corrected chi connectivity index (χ2v) is 6.56. The molecule has 0 aliphatic heterocycles. The molecule has 0 aliphatic rings. The molecule has 0 aromatic carbocycles. The van der Waals surface area contributed by atoms with Crippen molar-refractivity contribution in [3.05, 3.63) is 24.4 Å². The van der Waals surface area contributed by atoms with E-state index in [1.807, 2.05) is 0 Å². The summed E-state index contributed by atoms with van der Waals surface area (Å²) in [6.45, 7) is 16.7. The number of hydrogen-bond acceptors (Lipinski definition) is 1. The first-order valence-corrected chi connectivity index (χ1v) is 7.41. The van der Waals surface area contributed by atoms with Gasteiger partial charge in [-0.2, -0.15) is 0 Å². The minimum Gasteiger partial charge on any atom is -0.384 e. The maximum absolute atomic E-state index is 4.09. The van der Waals surface area contributed by atoms with Crippen LogP contribution in [-0.4, -0.2) is 5.54 Å². The molecule has 0 aliphatic carbocycles. The van der Waals surface area contributed by atoms with E-state index < -0.39 is 0 Å². The molecule has 0 spiro atoms. The molecule has 0 fully saturated rings. The average Bonchev–Trinajstić information content (AvgIpc) is 2.18. The lowest BCUT2D eigenvalue weighted by atomic mass is 10.0. The fraction of sp³-hybridized carbons (Fsp3) is 0.765. The van der Waals surface area contributed by atoms with Gasteiger partial charge in [-0.05, 0) is 53.4 Å². The normalized spacial score (nSPS) is 11.3. The van der Waals surface area contributed by atoms with Gasteiger partial charge in [0.25, 0.3) is 0 Å². The van der Waals surface area contributed by atoms with Crippen molar-refractivity contribution in [1.29, 1.82) is 0 Å². The smallest absolute Gasteiger partial charge is 0.0286 e. The number of unbranched alkanes of at least 4 members (excludes halogenated alkanes) is 5. The summed E-state index contributed by atoms with van der Waals surface area (Å²) in [5.41, 5.74) is 2.66. The zero-order chi connectivity index (χ0) is 14.0. The highest BCUT2D eigenvalue weighted by Crippen LogP contribution is 2.13. The Morgan fingerprint density at radius 3 is 1.72 bits per heavy atom. The summed E-state index contributed by atoms with van der Waals surface area (Å²) in [6.07, 6.45) is 10.3. The lowest BCUT2D eigenvalue weighted by Gasteiger charge is -2.23. The molecule has 0 aromatic rings. The first-order valence-electron chi connectivity index (χ1n) is 7.41. The molecule has 0 aromatic heterocycles. The van der Waals surface area contributed by atoms with Crippen molar-refractivity contribution in [2.75, 3.05) is 0 Å². The molecular weight excluding hydrogens is 218 g/mol. The van der Waals surface area contributed by atoms with Crippen molar-refractivity contribution in [2.45, 2.75) is 84.6 Å². The summed E-state index contributed by atoms with van der Waals surface area (Å²) in [7, 11) is 0. The van der Waals surface area contributed by atoms with Gasteiger partial charge in [0.2, 0.25) is 0 Å². The van der Waals surface area contributed by atoms with Crippen LogP contribution in [0.1, 0.15) is 79.1 Å². The molecule has 0 atom stereocenters. The third-order valence-corrected chi connectivity index (χ3v) is 2.88. The van der Waals surface area contributed by atoms with Crippen LogP contribution in [-0.2, 0) is 0 Å². The molecule has 0 saturated carbocycles. The predicted molar refractivity (Wildman–Crippen MR) is 83.8 cm³/mol. The Balaban J connectivity index is 3.30. The molecule has 0 heterocycles. The van der Waals surface area contributed by atoms with Crippen molar-refractivity contribution >= 4 is 0 Å². The Labute approximate surface area is 115 Å². The predicted octanol–water partition coefficient (Wildman–Crippen LogP) is 5.59. The van der Waals surface area contributed by atoms with E-state index in [-0.39, 0.29) is 5.54 Å². The van der Waals surface area contributed by atoms with E-state index in [2.05, 4.69) is 46.2 Å². The molecule has 0 bridgehead atoms. The van der Waals surface area contributed by atoms with E-state index in [1.165, 1.54) is 56.2 Å². The second kappa shape index (κ2) is 9.24. The van der Waals surface area contributed by atoms with Crippen LogP contribution in [0.4, 0.5) is 0 Å². The maximum Gasteiger partial charge on any atom is 0.0286 e. The monoisotopic (exact) mass is 251 g/mol.